The Labute approximate surface area is 134 Å². The van der Waals surface area contributed by atoms with Crippen molar-refractivity contribution in [3.63, 3.8) is 0 Å². The number of hydrogen-bond donors (Lipinski definition) is 0. The van der Waals surface area contributed by atoms with Crippen LogP contribution in [0.15, 0.2) is 82.6 Å². The summed E-state index contributed by atoms with van der Waals surface area (Å²) in [5, 5.41) is 11.0. The summed E-state index contributed by atoms with van der Waals surface area (Å²) in [4.78, 5) is 0.405. The predicted octanol–water partition coefficient (Wildman–Crippen LogP) is 4.26. The van der Waals surface area contributed by atoms with Gasteiger partial charge in [0.15, 0.2) is 5.75 Å². The summed E-state index contributed by atoms with van der Waals surface area (Å²) in [6.45, 7) is 0. The number of rotatable bonds is 4. The Morgan fingerprint density at radius 2 is 1.17 bits per heavy atom. The Balaban J connectivity index is 1.83. The molecule has 0 amide bonds. The lowest BCUT2D eigenvalue weighted by molar-refractivity contribution is 0.354. The maximum absolute atomic E-state index is 12.5. The van der Waals surface area contributed by atoms with Gasteiger partial charge in [-0.05, 0) is 66.7 Å². The fourth-order valence-corrected chi connectivity index (χ4v) is 3.28. The van der Waals surface area contributed by atoms with E-state index >= 15 is 0 Å². The SMILES string of the molecule is [O]c1ccc(Oc2ccc(S(=O)(=O)c3cc[c]cc3)cc2)cc1. The van der Waals surface area contributed by atoms with Crippen molar-refractivity contribution in [1.82, 2.24) is 0 Å². The molecule has 5 heteroatoms. The van der Waals surface area contributed by atoms with E-state index in [-0.39, 0.29) is 15.5 Å². The van der Waals surface area contributed by atoms with E-state index in [0.717, 1.165) is 0 Å². The molecule has 114 valence electrons. The lowest BCUT2D eigenvalue weighted by Gasteiger charge is -2.07. The van der Waals surface area contributed by atoms with Crippen molar-refractivity contribution in [3.8, 4) is 17.2 Å². The summed E-state index contributed by atoms with van der Waals surface area (Å²) in [5.74, 6) is 0.904. The normalized spacial score (nSPS) is 11.1. The van der Waals surface area contributed by atoms with E-state index in [4.69, 9.17) is 4.74 Å². The standard InChI is InChI=1S/C18H12O4S/c19-14-6-8-15(9-7-14)22-16-10-12-18(13-11-16)23(20,21)17-4-2-1-3-5-17/h2-13H. The fourth-order valence-electron chi connectivity index (χ4n) is 2.02. The first-order chi connectivity index (χ1) is 11.1. The topological polar surface area (TPSA) is 63.3 Å². The summed E-state index contributed by atoms with van der Waals surface area (Å²) >= 11 is 0. The molecule has 0 aromatic heterocycles. The Morgan fingerprint density at radius 1 is 0.696 bits per heavy atom. The molecular formula is C18H12O4S. The van der Waals surface area contributed by atoms with Crippen LogP contribution >= 0.6 is 0 Å². The van der Waals surface area contributed by atoms with Gasteiger partial charge < -0.3 is 4.74 Å². The van der Waals surface area contributed by atoms with Gasteiger partial charge in [-0.3, -0.25) is 5.11 Å². The Hall–Kier alpha value is -2.79. The average Bonchev–Trinajstić information content (AvgIpc) is 2.58. The van der Waals surface area contributed by atoms with Crippen molar-refractivity contribution in [2.75, 3.05) is 0 Å². The number of sulfone groups is 1. The maximum atomic E-state index is 12.5. The van der Waals surface area contributed by atoms with Crippen LogP contribution in [0.25, 0.3) is 0 Å². The molecule has 3 aromatic rings. The van der Waals surface area contributed by atoms with Crippen LogP contribution in [0.1, 0.15) is 0 Å². The van der Waals surface area contributed by atoms with Crippen LogP contribution in [0.3, 0.4) is 0 Å². The smallest absolute Gasteiger partial charge is 0.206 e. The number of ether oxygens (including phenoxy) is 1. The molecule has 0 N–H and O–H groups in total. The highest BCUT2D eigenvalue weighted by Gasteiger charge is 2.16. The van der Waals surface area contributed by atoms with Crippen molar-refractivity contribution in [2.24, 2.45) is 0 Å². The first kappa shape index (κ1) is 15.1. The van der Waals surface area contributed by atoms with Gasteiger partial charge in [0.1, 0.15) is 11.5 Å². The summed E-state index contributed by atoms with van der Waals surface area (Å²) < 4.78 is 30.5. The molecular weight excluding hydrogens is 312 g/mol. The van der Waals surface area contributed by atoms with Gasteiger partial charge in [-0.1, -0.05) is 12.1 Å². The zero-order valence-electron chi connectivity index (χ0n) is 12.0. The van der Waals surface area contributed by atoms with Crippen molar-refractivity contribution in [1.29, 1.82) is 0 Å². The van der Waals surface area contributed by atoms with Crippen LogP contribution < -0.4 is 4.74 Å². The molecule has 4 nitrogen and oxygen atoms in total. The minimum absolute atomic E-state index is 0.0982. The molecule has 0 fully saturated rings. The number of benzene rings is 3. The van der Waals surface area contributed by atoms with Gasteiger partial charge in [0.25, 0.3) is 0 Å². The predicted molar refractivity (Wildman–Crippen MR) is 83.8 cm³/mol. The third-order valence-corrected chi connectivity index (χ3v) is 4.98. The summed E-state index contributed by atoms with van der Waals surface area (Å²) in [6, 6.07) is 21.0. The van der Waals surface area contributed by atoms with Gasteiger partial charge in [0.2, 0.25) is 9.84 Å². The van der Waals surface area contributed by atoms with Gasteiger partial charge in [-0.2, -0.15) is 0 Å². The van der Waals surface area contributed by atoms with Gasteiger partial charge >= 0.3 is 0 Å². The first-order valence-electron chi connectivity index (χ1n) is 6.82. The number of hydrogen-bond acceptors (Lipinski definition) is 3. The van der Waals surface area contributed by atoms with Crippen molar-refractivity contribution >= 4 is 9.84 Å². The van der Waals surface area contributed by atoms with Crippen LogP contribution in [0, 0.1) is 6.07 Å². The van der Waals surface area contributed by atoms with Crippen LogP contribution in [0.2, 0.25) is 0 Å². The molecule has 2 radical (unpaired) electrons. The summed E-state index contributed by atoms with van der Waals surface area (Å²) in [5.41, 5.74) is 0. The third kappa shape index (κ3) is 3.35. The third-order valence-electron chi connectivity index (χ3n) is 3.19. The van der Waals surface area contributed by atoms with E-state index in [0.29, 0.717) is 11.5 Å². The summed E-state index contributed by atoms with van der Waals surface area (Å²) in [7, 11) is -3.55. The van der Waals surface area contributed by atoms with Gasteiger partial charge in [-0.15, -0.1) is 0 Å². The molecule has 0 spiro atoms. The fraction of sp³-hybridized carbons (Fsp3) is 0. The largest absolute Gasteiger partial charge is 0.457 e. The van der Waals surface area contributed by atoms with Crippen LogP contribution in [0.5, 0.6) is 17.2 Å². The highest BCUT2D eigenvalue weighted by Crippen LogP contribution is 2.26. The Kier molecular flexibility index (Phi) is 4.04. The van der Waals surface area contributed by atoms with E-state index < -0.39 is 9.84 Å². The highest BCUT2D eigenvalue weighted by atomic mass is 32.2. The van der Waals surface area contributed by atoms with Gasteiger partial charge in [0, 0.05) is 0 Å². The monoisotopic (exact) mass is 324 g/mol. The van der Waals surface area contributed by atoms with E-state index in [1.165, 1.54) is 36.4 Å². The van der Waals surface area contributed by atoms with Crippen molar-refractivity contribution in [2.45, 2.75) is 9.79 Å². The molecule has 0 heterocycles. The van der Waals surface area contributed by atoms with Crippen LogP contribution in [-0.4, -0.2) is 8.42 Å². The van der Waals surface area contributed by atoms with E-state index in [9.17, 15) is 13.5 Å². The lowest BCUT2D eigenvalue weighted by Crippen LogP contribution is -2.01. The molecule has 0 aliphatic carbocycles. The molecule has 0 aliphatic heterocycles. The van der Waals surface area contributed by atoms with Crippen molar-refractivity contribution < 1.29 is 18.3 Å². The molecule has 0 saturated heterocycles. The average molecular weight is 324 g/mol. The maximum Gasteiger partial charge on any atom is 0.206 e. The van der Waals surface area contributed by atoms with Crippen molar-refractivity contribution in [3.05, 3.63) is 78.9 Å². The van der Waals surface area contributed by atoms with Gasteiger partial charge in [-0.25, -0.2) is 8.42 Å². The van der Waals surface area contributed by atoms with Crippen LogP contribution in [0.4, 0.5) is 0 Å². The van der Waals surface area contributed by atoms with Crippen LogP contribution in [-0.2, 0) is 14.9 Å². The molecule has 0 aliphatic rings. The zero-order valence-corrected chi connectivity index (χ0v) is 12.8. The highest BCUT2D eigenvalue weighted by molar-refractivity contribution is 7.91. The molecule has 23 heavy (non-hydrogen) atoms. The van der Waals surface area contributed by atoms with E-state index in [2.05, 4.69) is 6.07 Å². The molecule has 0 saturated carbocycles. The Morgan fingerprint density at radius 3 is 1.74 bits per heavy atom. The van der Waals surface area contributed by atoms with E-state index in [1.807, 2.05) is 0 Å². The second-order valence-corrected chi connectivity index (χ2v) is 6.73. The second-order valence-electron chi connectivity index (χ2n) is 4.78. The second kappa shape index (κ2) is 6.14. The molecule has 0 unspecified atom stereocenters. The minimum atomic E-state index is -3.55. The lowest BCUT2D eigenvalue weighted by atomic mass is 10.3. The molecule has 3 rings (SSSR count). The Bertz CT molecular complexity index is 884. The molecule has 0 bridgehead atoms. The summed E-state index contributed by atoms with van der Waals surface area (Å²) in [6.07, 6.45) is 0. The van der Waals surface area contributed by atoms with E-state index in [1.54, 1.807) is 36.4 Å². The first-order valence-corrected chi connectivity index (χ1v) is 8.30. The molecule has 3 aromatic carbocycles. The quantitative estimate of drug-likeness (QED) is 0.720. The molecule has 0 atom stereocenters. The van der Waals surface area contributed by atoms with Gasteiger partial charge in [0.05, 0.1) is 9.79 Å². The zero-order chi connectivity index (χ0) is 16.3. The minimum Gasteiger partial charge on any atom is -0.457 e.